The van der Waals surface area contributed by atoms with Crippen molar-refractivity contribution < 1.29 is 24.0 Å². The lowest BCUT2D eigenvalue weighted by Gasteiger charge is -2.14. The van der Waals surface area contributed by atoms with Crippen molar-refractivity contribution in [3.05, 3.63) is 34.1 Å². The van der Waals surface area contributed by atoms with Crippen molar-refractivity contribution in [1.82, 2.24) is 5.32 Å². The van der Waals surface area contributed by atoms with Crippen molar-refractivity contribution in [1.29, 1.82) is 0 Å². The largest absolute Gasteiger partial charge is 0.487 e. The van der Waals surface area contributed by atoms with Gasteiger partial charge in [0.15, 0.2) is 5.75 Å². The maximum atomic E-state index is 13.1. The molecule has 0 saturated heterocycles. The maximum absolute atomic E-state index is 13.1. The second-order valence-electron chi connectivity index (χ2n) is 4.35. The summed E-state index contributed by atoms with van der Waals surface area (Å²) in [6.45, 7) is 2.37. The molecule has 0 spiro atoms. The molecule has 0 fully saturated rings. The molecule has 0 amide bonds. The molecule has 21 heavy (non-hydrogen) atoms. The Morgan fingerprint density at radius 2 is 2.29 bits per heavy atom. The van der Waals surface area contributed by atoms with E-state index in [-0.39, 0.29) is 24.5 Å². The average Bonchev–Trinajstić information content (AvgIpc) is 2.41. The second-order valence-corrected chi connectivity index (χ2v) is 4.35. The Bertz CT molecular complexity index is 509. The molecule has 1 atom stereocenters. The second kappa shape index (κ2) is 8.15. The summed E-state index contributed by atoms with van der Waals surface area (Å²) in [4.78, 5) is 21.1. The van der Waals surface area contributed by atoms with Crippen LogP contribution in [0.4, 0.5) is 10.1 Å². The number of carboxylic acid groups (broad SMARTS) is 1. The van der Waals surface area contributed by atoms with Gasteiger partial charge in [-0.25, -0.2) is 4.39 Å². The Hall–Kier alpha value is -2.22. The summed E-state index contributed by atoms with van der Waals surface area (Å²) < 4.78 is 18.2. The van der Waals surface area contributed by atoms with Crippen molar-refractivity contribution in [2.24, 2.45) is 0 Å². The Morgan fingerprint density at radius 1 is 1.57 bits per heavy atom. The molecule has 1 aromatic carbocycles. The minimum atomic E-state index is -1.03. The zero-order valence-corrected chi connectivity index (χ0v) is 11.5. The summed E-state index contributed by atoms with van der Waals surface area (Å²) >= 11 is 0. The number of carboxylic acids is 1. The van der Waals surface area contributed by atoms with Gasteiger partial charge in [-0.3, -0.25) is 14.9 Å². The van der Waals surface area contributed by atoms with Gasteiger partial charge in [0.25, 0.3) is 0 Å². The molecule has 0 aliphatic heterocycles. The number of hydrogen-bond acceptors (Lipinski definition) is 5. The Kier molecular flexibility index (Phi) is 6.54. The molecule has 0 heterocycles. The van der Waals surface area contributed by atoms with Crippen molar-refractivity contribution in [2.45, 2.75) is 25.8 Å². The first-order chi connectivity index (χ1) is 9.95. The molecule has 7 nitrogen and oxygen atoms in total. The van der Waals surface area contributed by atoms with Crippen molar-refractivity contribution in [3.63, 3.8) is 0 Å². The lowest BCUT2D eigenvalue weighted by Crippen LogP contribution is -2.38. The number of aliphatic carboxylic acids is 1. The van der Waals surface area contributed by atoms with Gasteiger partial charge in [0, 0.05) is 18.6 Å². The van der Waals surface area contributed by atoms with Crippen LogP contribution < -0.4 is 10.1 Å². The predicted molar refractivity (Wildman–Crippen MR) is 72.9 cm³/mol. The van der Waals surface area contributed by atoms with Crippen LogP contribution in [0.3, 0.4) is 0 Å². The van der Waals surface area contributed by atoms with Gasteiger partial charge < -0.3 is 15.2 Å². The number of nitro groups is 1. The van der Waals surface area contributed by atoms with Gasteiger partial charge in [-0.15, -0.1) is 0 Å². The van der Waals surface area contributed by atoms with Crippen molar-refractivity contribution in [3.8, 4) is 5.75 Å². The minimum absolute atomic E-state index is 0.0715. The van der Waals surface area contributed by atoms with E-state index in [0.29, 0.717) is 6.54 Å². The summed E-state index contributed by atoms with van der Waals surface area (Å²) in [5.41, 5.74) is -0.357. The lowest BCUT2D eigenvalue weighted by atomic mass is 10.2. The fourth-order valence-corrected chi connectivity index (χ4v) is 1.67. The molecule has 1 rings (SSSR count). The molecule has 1 unspecified atom stereocenters. The molecule has 0 aromatic heterocycles. The Morgan fingerprint density at radius 3 is 2.86 bits per heavy atom. The molecule has 0 saturated carbocycles. The summed E-state index contributed by atoms with van der Waals surface area (Å²) in [6.07, 6.45) is 0.892. The highest BCUT2D eigenvalue weighted by Gasteiger charge is 2.19. The number of ether oxygens (including phenoxy) is 1. The van der Waals surface area contributed by atoms with Gasteiger partial charge in [-0.1, -0.05) is 6.92 Å². The first-order valence-electron chi connectivity index (χ1n) is 6.48. The van der Waals surface area contributed by atoms with Crippen LogP contribution in [0, 0.1) is 15.9 Å². The van der Waals surface area contributed by atoms with E-state index in [4.69, 9.17) is 9.84 Å². The topological polar surface area (TPSA) is 102 Å². The summed E-state index contributed by atoms with van der Waals surface area (Å²) in [6, 6.07) is 2.08. The Labute approximate surface area is 120 Å². The lowest BCUT2D eigenvalue weighted by molar-refractivity contribution is -0.385. The van der Waals surface area contributed by atoms with Crippen LogP contribution in [-0.2, 0) is 4.79 Å². The maximum Gasteiger partial charge on any atom is 0.320 e. The number of benzene rings is 1. The molecule has 1 aromatic rings. The van der Waals surface area contributed by atoms with Crippen molar-refractivity contribution in [2.75, 3.05) is 13.2 Å². The van der Waals surface area contributed by atoms with E-state index in [1.165, 1.54) is 0 Å². The zero-order valence-electron chi connectivity index (χ0n) is 11.5. The van der Waals surface area contributed by atoms with Crippen LogP contribution >= 0.6 is 0 Å². The van der Waals surface area contributed by atoms with E-state index in [2.05, 4.69) is 5.32 Å². The van der Waals surface area contributed by atoms with Gasteiger partial charge in [-0.05, 0) is 19.0 Å². The third kappa shape index (κ3) is 5.35. The molecule has 0 bridgehead atoms. The molecule has 8 heteroatoms. The number of nitrogens with one attached hydrogen (secondary N) is 1. The first kappa shape index (κ1) is 16.8. The number of nitro benzene ring substituents is 1. The SMILES string of the molecule is CCCNC(CCOc1cc(F)ccc1[N+](=O)[O-])C(=O)O. The van der Waals surface area contributed by atoms with Gasteiger partial charge in [0.2, 0.25) is 0 Å². The van der Waals surface area contributed by atoms with Crippen LogP contribution in [0.1, 0.15) is 19.8 Å². The molecule has 0 aliphatic rings. The van der Waals surface area contributed by atoms with Gasteiger partial charge >= 0.3 is 11.7 Å². The number of hydrogen-bond donors (Lipinski definition) is 2. The molecular formula is C13H17FN2O5. The number of nitrogens with zero attached hydrogens (tertiary/aromatic N) is 1. The minimum Gasteiger partial charge on any atom is -0.487 e. The van der Waals surface area contributed by atoms with Gasteiger partial charge in [0.05, 0.1) is 11.5 Å². The molecule has 2 N–H and O–H groups in total. The van der Waals surface area contributed by atoms with E-state index >= 15 is 0 Å². The third-order valence-corrected chi connectivity index (χ3v) is 2.72. The van der Waals surface area contributed by atoms with Gasteiger partial charge in [0.1, 0.15) is 11.9 Å². The highest BCUT2D eigenvalue weighted by Crippen LogP contribution is 2.27. The summed E-state index contributed by atoms with van der Waals surface area (Å²) in [5.74, 6) is -1.89. The fourth-order valence-electron chi connectivity index (χ4n) is 1.67. The monoisotopic (exact) mass is 300 g/mol. The average molecular weight is 300 g/mol. The van der Waals surface area contributed by atoms with Crippen LogP contribution in [0.25, 0.3) is 0 Å². The fraction of sp³-hybridized carbons (Fsp3) is 0.462. The number of carbonyl (C=O) groups is 1. The molecule has 0 radical (unpaired) electrons. The van der Waals surface area contributed by atoms with Crippen LogP contribution in [0.15, 0.2) is 18.2 Å². The smallest absolute Gasteiger partial charge is 0.320 e. The Balaban J connectivity index is 2.64. The third-order valence-electron chi connectivity index (χ3n) is 2.72. The van der Waals surface area contributed by atoms with E-state index in [1.807, 2.05) is 6.92 Å². The normalized spacial score (nSPS) is 11.9. The number of halogens is 1. The molecule has 116 valence electrons. The molecule has 0 aliphatic carbocycles. The first-order valence-corrected chi connectivity index (χ1v) is 6.48. The van der Waals surface area contributed by atoms with E-state index in [0.717, 1.165) is 24.6 Å². The highest BCUT2D eigenvalue weighted by atomic mass is 19.1. The van der Waals surface area contributed by atoms with E-state index in [9.17, 15) is 19.3 Å². The van der Waals surface area contributed by atoms with Crippen LogP contribution in [0.5, 0.6) is 5.75 Å². The highest BCUT2D eigenvalue weighted by molar-refractivity contribution is 5.73. The van der Waals surface area contributed by atoms with Crippen molar-refractivity contribution >= 4 is 11.7 Å². The summed E-state index contributed by atoms with van der Waals surface area (Å²) in [5, 5.41) is 22.6. The van der Waals surface area contributed by atoms with E-state index < -0.39 is 22.8 Å². The zero-order chi connectivity index (χ0) is 15.8. The summed E-state index contributed by atoms with van der Waals surface area (Å²) in [7, 11) is 0. The molecular weight excluding hydrogens is 283 g/mol. The van der Waals surface area contributed by atoms with Crippen LogP contribution in [-0.4, -0.2) is 35.2 Å². The number of rotatable bonds is 9. The van der Waals surface area contributed by atoms with E-state index in [1.54, 1.807) is 0 Å². The predicted octanol–water partition coefficient (Wildman–Crippen LogP) is 1.96. The quantitative estimate of drug-likeness (QED) is 0.534. The standard InChI is InChI=1S/C13H17FN2O5/c1-2-6-15-10(13(17)18)5-7-21-12-8-9(14)3-4-11(12)16(19)20/h3-4,8,10,15H,2,5-7H2,1H3,(H,17,18). The van der Waals surface area contributed by atoms with Crippen LogP contribution in [0.2, 0.25) is 0 Å². The van der Waals surface area contributed by atoms with Gasteiger partial charge in [-0.2, -0.15) is 0 Å².